The normalized spacial score (nSPS) is 14.9. The van der Waals surface area contributed by atoms with E-state index in [4.69, 9.17) is 0 Å². The Morgan fingerprint density at radius 1 is 0.679 bits per heavy atom. The van der Waals surface area contributed by atoms with Crippen LogP contribution in [0, 0.1) is 13.8 Å². The number of carbonyl (C=O) groups is 2. The maximum atomic E-state index is 14.1. The molecule has 1 aliphatic rings. The van der Waals surface area contributed by atoms with Crippen LogP contribution in [-0.4, -0.2) is 24.3 Å². The third kappa shape index (κ3) is 2.68. The van der Waals surface area contributed by atoms with Gasteiger partial charge in [-0.05, 0) is 48.2 Å². The molecule has 1 heterocycles. The molecule has 3 nitrogen and oxygen atoms in total. The molecule has 3 rings (SSSR count). The van der Waals surface area contributed by atoms with Crippen LogP contribution in [-0.2, 0) is 10.2 Å². The second-order valence-electron chi connectivity index (χ2n) is 6.48. The van der Waals surface area contributed by atoms with Crippen LogP contribution in [0.5, 0.6) is 0 Å². The summed E-state index contributed by atoms with van der Waals surface area (Å²) in [7, 11) is 0. The highest BCUT2D eigenvalue weighted by atomic mass is 19.4. The number of hydrogen-bond acceptors (Lipinski definition) is 3. The van der Waals surface area contributed by atoms with Crippen LogP contribution in [0.25, 0.3) is 0 Å². The van der Waals surface area contributed by atoms with Gasteiger partial charge in [-0.1, -0.05) is 24.3 Å². The number of alkyl halides is 6. The minimum absolute atomic E-state index is 0.242. The highest BCUT2D eigenvalue weighted by molar-refractivity contribution is 6.14. The second kappa shape index (κ2) is 6.08. The number of fused-ring (bicyclic) bond motifs is 1. The SMILES string of the molecule is Cc1ccc(C(c2ccc3c(c2)C(=O)OC3=O)(C(F)(F)F)C(F)(F)F)cc1C. The van der Waals surface area contributed by atoms with E-state index in [0.717, 1.165) is 18.2 Å². The third-order valence-corrected chi connectivity index (χ3v) is 4.87. The van der Waals surface area contributed by atoms with Gasteiger partial charge in [-0.25, -0.2) is 9.59 Å². The van der Waals surface area contributed by atoms with Gasteiger partial charge in [0, 0.05) is 0 Å². The number of halogens is 6. The van der Waals surface area contributed by atoms with Crippen molar-refractivity contribution in [1.82, 2.24) is 0 Å². The van der Waals surface area contributed by atoms with E-state index in [2.05, 4.69) is 4.74 Å². The summed E-state index contributed by atoms with van der Waals surface area (Å²) in [6.07, 6.45) is -11.6. The van der Waals surface area contributed by atoms with Gasteiger partial charge in [0.05, 0.1) is 11.1 Å². The van der Waals surface area contributed by atoms with Gasteiger partial charge in [0.1, 0.15) is 0 Å². The Bertz CT molecular complexity index is 974. The van der Waals surface area contributed by atoms with Crippen LogP contribution in [0.4, 0.5) is 26.3 Å². The molecule has 0 spiro atoms. The van der Waals surface area contributed by atoms with Crippen LogP contribution >= 0.6 is 0 Å². The molecule has 0 aromatic heterocycles. The lowest BCUT2D eigenvalue weighted by molar-refractivity contribution is -0.288. The smallest absolute Gasteiger partial charge is 0.386 e. The summed E-state index contributed by atoms with van der Waals surface area (Å²) in [4.78, 5) is 23.2. The number of cyclic esters (lactones) is 2. The first-order chi connectivity index (χ1) is 12.8. The zero-order chi connectivity index (χ0) is 21.1. The fourth-order valence-corrected chi connectivity index (χ4v) is 3.28. The topological polar surface area (TPSA) is 43.4 Å². The molecule has 0 aliphatic carbocycles. The number of esters is 2. The number of rotatable bonds is 2. The lowest BCUT2D eigenvalue weighted by Crippen LogP contribution is -2.54. The summed E-state index contributed by atoms with van der Waals surface area (Å²) in [5.41, 5.74) is -6.90. The second-order valence-corrected chi connectivity index (χ2v) is 6.48. The van der Waals surface area contributed by atoms with E-state index < -0.39 is 46.4 Å². The molecular weight excluding hydrogens is 390 g/mol. The number of benzene rings is 2. The first kappa shape index (κ1) is 19.9. The van der Waals surface area contributed by atoms with E-state index in [9.17, 15) is 35.9 Å². The molecule has 0 amide bonds. The van der Waals surface area contributed by atoms with Crippen LogP contribution < -0.4 is 0 Å². The Kier molecular flexibility index (Phi) is 4.32. The van der Waals surface area contributed by atoms with Crippen molar-refractivity contribution in [1.29, 1.82) is 0 Å². The summed E-state index contributed by atoms with van der Waals surface area (Å²) in [5, 5.41) is 0. The van der Waals surface area contributed by atoms with Crippen LogP contribution in [0.2, 0.25) is 0 Å². The summed E-state index contributed by atoms with van der Waals surface area (Å²) in [5.74, 6) is -2.41. The third-order valence-electron chi connectivity index (χ3n) is 4.87. The lowest BCUT2D eigenvalue weighted by Gasteiger charge is -2.38. The Balaban J connectivity index is 2.41. The standard InChI is InChI=1S/C19H12F6O3/c1-9-3-4-11(7-10(9)2)17(18(20,21)22,19(23,24)25)12-5-6-13-14(8-12)16(27)28-15(13)26/h3-8H,1-2H3. The zero-order valence-corrected chi connectivity index (χ0v) is 14.5. The summed E-state index contributed by atoms with van der Waals surface area (Å²) in [6, 6.07) is 4.48. The maximum absolute atomic E-state index is 14.1. The van der Waals surface area contributed by atoms with Crippen molar-refractivity contribution in [2.75, 3.05) is 0 Å². The molecule has 28 heavy (non-hydrogen) atoms. The van der Waals surface area contributed by atoms with Gasteiger partial charge in [-0.15, -0.1) is 0 Å². The van der Waals surface area contributed by atoms with Crippen LogP contribution in [0.15, 0.2) is 36.4 Å². The quantitative estimate of drug-likeness (QED) is 0.402. The van der Waals surface area contributed by atoms with Crippen molar-refractivity contribution in [2.24, 2.45) is 0 Å². The van der Waals surface area contributed by atoms with E-state index in [0.29, 0.717) is 17.7 Å². The molecule has 0 atom stereocenters. The number of aryl methyl sites for hydroxylation is 2. The Hall–Kier alpha value is -2.84. The average molecular weight is 402 g/mol. The van der Waals surface area contributed by atoms with Gasteiger partial charge in [0.15, 0.2) is 0 Å². The van der Waals surface area contributed by atoms with E-state index in [1.807, 2.05) is 0 Å². The minimum atomic E-state index is -5.78. The zero-order valence-electron chi connectivity index (χ0n) is 14.5. The van der Waals surface area contributed by atoms with E-state index >= 15 is 0 Å². The van der Waals surface area contributed by atoms with Crippen molar-refractivity contribution >= 4 is 11.9 Å². The van der Waals surface area contributed by atoms with Gasteiger partial charge in [0.25, 0.3) is 0 Å². The molecule has 0 N–H and O–H groups in total. The van der Waals surface area contributed by atoms with Gasteiger partial charge in [0.2, 0.25) is 5.41 Å². The van der Waals surface area contributed by atoms with Crippen molar-refractivity contribution in [2.45, 2.75) is 31.6 Å². The molecule has 1 aliphatic heterocycles. The molecule has 0 fully saturated rings. The molecular formula is C19H12F6O3. The minimum Gasteiger partial charge on any atom is -0.386 e. The monoisotopic (exact) mass is 402 g/mol. The van der Waals surface area contributed by atoms with Crippen molar-refractivity contribution < 1.29 is 40.7 Å². The largest absolute Gasteiger partial charge is 0.411 e. The van der Waals surface area contributed by atoms with Crippen LogP contribution in [0.1, 0.15) is 43.0 Å². The first-order valence-electron chi connectivity index (χ1n) is 7.93. The highest BCUT2D eigenvalue weighted by Crippen LogP contribution is 2.56. The van der Waals surface area contributed by atoms with Crippen molar-refractivity contribution in [3.8, 4) is 0 Å². The van der Waals surface area contributed by atoms with E-state index in [1.165, 1.54) is 13.0 Å². The van der Waals surface area contributed by atoms with E-state index in [1.54, 1.807) is 6.92 Å². The summed E-state index contributed by atoms with van der Waals surface area (Å²) >= 11 is 0. The molecule has 2 aromatic carbocycles. The van der Waals surface area contributed by atoms with Gasteiger partial charge >= 0.3 is 24.3 Å². The fraction of sp³-hybridized carbons (Fsp3) is 0.263. The number of hydrogen-bond donors (Lipinski definition) is 0. The van der Waals surface area contributed by atoms with Gasteiger partial charge in [-0.2, -0.15) is 26.3 Å². The molecule has 0 radical (unpaired) electrons. The Morgan fingerprint density at radius 3 is 1.71 bits per heavy atom. The number of ether oxygens (including phenoxy) is 1. The van der Waals surface area contributed by atoms with Crippen molar-refractivity contribution in [3.05, 3.63) is 69.8 Å². The van der Waals surface area contributed by atoms with Gasteiger partial charge < -0.3 is 4.74 Å². The first-order valence-corrected chi connectivity index (χ1v) is 7.93. The Labute approximate surface area is 154 Å². The molecule has 0 saturated heterocycles. The summed E-state index contributed by atoms with van der Waals surface area (Å²) in [6.45, 7) is 2.95. The predicted molar refractivity (Wildman–Crippen MR) is 85.0 cm³/mol. The molecule has 148 valence electrons. The molecule has 2 aromatic rings. The number of carbonyl (C=O) groups excluding carboxylic acids is 2. The van der Waals surface area contributed by atoms with E-state index in [-0.39, 0.29) is 11.1 Å². The molecule has 0 bridgehead atoms. The lowest BCUT2D eigenvalue weighted by atomic mass is 9.71. The maximum Gasteiger partial charge on any atom is 0.411 e. The Morgan fingerprint density at radius 2 is 1.18 bits per heavy atom. The molecule has 0 saturated carbocycles. The average Bonchev–Trinajstić information content (AvgIpc) is 2.83. The highest BCUT2D eigenvalue weighted by Gasteiger charge is 2.72. The summed E-state index contributed by atoms with van der Waals surface area (Å²) < 4.78 is 88.9. The van der Waals surface area contributed by atoms with Crippen molar-refractivity contribution in [3.63, 3.8) is 0 Å². The fourth-order valence-electron chi connectivity index (χ4n) is 3.28. The predicted octanol–water partition coefficient (Wildman–Crippen LogP) is 5.02. The molecule has 9 heteroatoms. The molecule has 0 unspecified atom stereocenters. The van der Waals surface area contributed by atoms with Crippen LogP contribution in [0.3, 0.4) is 0 Å². The van der Waals surface area contributed by atoms with Gasteiger partial charge in [-0.3, -0.25) is 0 Å².